The lowest BCUT2D eigenvalue weighted by molar-refractivity contribution is -0.122. The Balaban J connectivity index is 1.67. The van der Waals surface area contributed by atoms with Gasteiger partial charge in [-0.25, -0.2) is 9.67 Å². The fourth-order valence-corrected chi connectivity index (χ4v) is 4.48. The van der Waals surface area contributed by atoms with Crippen LogP contribution in [0.3, 0.4) is 0 Å². The Hall–Kier alpha value is -4.00. The summed E-state index contributed by atoms with van der Waals surface area (Å²) in [6, 6.07) is 18.7. The molecule has 7 heteroatoms. The number of primary amides is 1. The molecule has 2 amide bonds. The second-order valence-corrected chi connectivity index (χ2v) is 8.67. The summed E-state index contributed by atoms with van der Waals surface area (Å²) in [5.41, 5.74) is 10.5. The van der Waals surface area contributed by atoms with Crippen molar-refractivity contribution in [2.45, 2.75) is 38.9 Å². The third kappa shape index (κ3) is 3.65. The predicted molar refractivity (Wildman–Crippen MR) is 126 cm³/mol. The van der Waals surface area contributed by atoms with Crippen molar-refractivity contribution >= 4 is 22.8 Å². The molecule has 3 heterocycles. The summed E-state index contributed by atoms with van der Waals surface area (Å²) in [5, 5.41) is 5.16. The van der Waals surface area contributed by atoms with Crippen molar-refractivity contribution in [3.05, 3.63) is 83.6 Å². The summed E-state index contributed by atoms with van der Waals surface area (Å²) in [5.74, 6) is -0.759. The van der Waals surface area contributed by atoms with Gasteiger partial charge in [-0.3, -0.25) is 9.59 Å². The lowest BCUT2D eigenvalue weighted by atomic mass is 9.92. The number of nitrogens with zero attached hydrogens (tertiary/aromatic N) is 4. The first-order chi connectivity index (χ1) is 15.9. The Morgan fingerprint density at radius 3 is 2.42 bits per heavy atom. The topological polar surface area (TPSA) is 94.1 Å². The molecule has 7 nitrogen and oxygen atoms in total. The van der Waals surface area contributed by atoms with Gasteiger partial charge in [0.25, 0.3) is 5.91 Å². The van der Waals surface area contributed by atoms with E-state index in [4.69, 9.17) is 10.7 Å². The Morgan fingerprint density at radius 1 is 1.03 bits per heavy atom. The average Bonchev–Trinajstić information content (AvgIpc) is 3.27. The smallest absolute Gasteiger partial charge is 0.255 e. The number of rotatable bonds is 4. The van der Waals surface area contributed by atoms with E-state index in [1.165, 1.54) is 0 Å². The number of hydrogen-bond acceptors (Lipinski definition) is 4. The number of carbonyl (C=O) groups excluding carboxylic acids is 2. The Bertz CT molecular complexity index is 1360. The number of aromatic nitrogens is 3. The molecule has 2 aromatic heterocycles. The van der Waals surface area contributed by atoms with E-state index in [1.807, 2.05) is 73.1 Å². The van der Waals surface area contributed by atoms with Crippen LogP contribution >= 0.6 is 0 Å². The van der Waals surface area contributed by atoms with Gasteiger partial charge in [0, 0.05) is 24.6 Å². The number of pyridine rings is 1. The zero-order valence-corrected chi connectivity index (χ0v) is 18.6. The number of benzene rings is 2. The maximum absolute atomic E-state index is 14.0. The van der Waals surface area contributed by atoms with Gasteiger partial charge in [0.2, 0.25) is 5.91 Å². The molecule has 0 spiro atoms. The number of fused-ring (bicyclic) bond motifs is 2. The van der Waals surface area contributed by atoms with Crippen LogP contribution in [0.15, 0.2) is 66.9 Å². The van der Waals surface area contributed by atoms with Gasteiger partial charge >= 0.3 is 0 Å². The van der Waals surface area contributed by atoms with Crippen LogP contribution in [0.4, 0.5) is 0 Å². The maximum atomic E-state index is 14.0. The quantitative estimate of drug-likeness (QED) is 0.524. The molecule has 1 aliphatic rings. The number of hydrogen-bond donors (Lipinski definition) is 1. The molecule has 166 valence electrons. The molecule has 1 aliphatic heterocycles. The molecule has 1 unspecified atom stereocenters. The summed E-state index contributed by atoms with van der Waals surface area (Å²) in [6.45, 7) is 4.37. The average molecular weight is 440 g/mol. The molecular weight excluding hydrogens is 414 g/mol. The van der Waals surface area contributed by atoms with Gasteiger partial charge in [0.05, 0.1) is 22.8 Å². The van der Waals surface area contributed by atoms with E-state index in [1.54, 1.807) is 17.2 Å². The monoisotopic (exact) mass is 439 g/mol. The van der Waals surface area contributed by atoms with Gasteiger partial charge in [0.15, 0.2) is 5.65 Å². The second-order valence-electron chi connectivity index (χ2n) is 8.67. The van der Waals surface area contributed by atoms with Gasteiger partial charge in [-0.1, -0.05) is 54.6 Å². The largest absolute Gasteiger partial charge is 0.368 e. The number of carbonyl (C=O) groups is 2. The molecule has 0 radical (unpaired) electrons. The molecule has 1 atom stereocenters. The Labute approximate surface area is 191 Å². The maximum Gasteiger partial charge on any atom is 0.255 e. The van der Waals surface area contributed by atoms with E-state index < -0.39 is 11.9 Å². The molecule has 0 saturated heterocycles. The fraction of sp³-hybridized carbons (Fsp3) is 0.231. The SMILES string of the molecule is CC(C)n1ncc2c(C(=O)N3Cc4ccccc4CC3C(N)=O)cc(-c3ccccc3)nc21. The lowest BCUT2D eigenvalue weighted by Crippen LogP contribution is -2.51. The third-order valence-corrected chi connectivity index (χ3v) is 6.19. The standard InChI is InChI=1S/C26H25N5O2/c1-16(2)31-25-21(14-28-31)20(13-22(29-25)17-8-4-3-5-9-17)26(33)30-15-19-11-7-6-10-18(19)12-23(30)24(27)32/h3-11,13-14,16,23H,12,15H2,1-2H3,(H2,27,32). The highest BCUT2D eigenvalue weighted by molar-refractivity contribution is 6.07. The highest BCUT2D eigenvalue weighted by atomic mass is 16.2. The van der Waals surface area contributed by atoms with Crippen LogP contribution in [0, 0.1) is 0 Å². The van der Waals surface area contributed by atoms with Crippen molar-refractivity contribution in [1.82, 2.24) is 19.7 Å². The van der Waals surface area contributed by atoms with Crippen molar-refractivity contribution in [1.29, 1.82) is 0 Å². The van der Waals surface area contributed by atoms with E-state index in [9.17, 15) is 9.59 Å². The van der Waals surface area contributed by atoms with Crippen molar-refractivity contribution in [3.63, 3.8) is 0 Å². The van der Waals surface area contributed by atoms with Crippen LogP contribution in [0.2, 0.25) is 0 Å². The first kappa shape index (κ1) is 20.9. The normalized spacial score (nSPS) is 15.6. The number of nitrogens with two attached hydrogens (primary N) is 1. The molecule has 33 heavy (non-hydrogen) atoms. The van der Waals surface area contributed by atoms with Crippen LogP contribution in [-0.4, -0.2) is 37.5 Å². The summed E-state index contributed by atoms with van der Waals surface area (Å²) in [7, 11) is 0. The van der Waals surface area contributed by atoms with Crippen molar-refractivity contribution in [2.24, 2.45) is 5.73 Å². The summed E-state index contributed by atoms with van der Waals surface area (Å²) >= 11 is 0. The summed E-state index contributed by atoms with van der Waals surface area (Å²) < 4.78 is 1.82. The Morgan fingerprint density at radius 2 is 1.73 bits per heavy atom. The van der Waals surface area contributed by atoms with Gasteiger partial charge in [-0.2, -0.15) is 5.10 Å². The molecule has 0 fully saturated rings. The zero-order chi connectivity index (χ0) is 23.1. The Kier molecular flexibility index (Phi) is 5.17. The van der Waals surface area contributed by atoms with Crippen LogP contribution in [-0.2, 0) is 17.8 Å². The van der Waals surface area contributed by atoms with Gasteiger partial charge < -0.3 is 10.6 Å². The highest BCUT2D eigenvalue weighted by Crippen LogP contribution is 2.30. The van der Waals surface area contributed by atoms with Crippen LogP contribution < -0.4 is 5.73 Å². The fourth-order valence-electron chi connectivity index (χ4n) is 4.48. The minimum Gasteiger partial charge on any atom is -0.368 e. The molecular formula is C26H25N5O2. The molecule has 4 aromatic rings. The first-order valence-corrected chi connectivity index (χ1v) is 11.0. The summed E-state index contributed by atoms with van der Waals surface area (Å²) in [6.07, 6.45) is 2.09. The van der Waals surface area contributed by atoms with Crippen LogP contribution in [0.1, 0.15) is 41.4 Å². The van der Waals surface area contributed by atoms with E-state index in [2.05, 4.69) is 5.10 Å². The molecule has 0 bridgehead atoms. The van der Waals surface area contributed by atoms with Crippen LogP contribution in [0.25, 0.3) is 22.3 Å². The molecule has 0 saturated carbocycles. The molecule has 0 aliphatic carbocycles. The minimum atomic E-state index is -0.712. The van der Waals surface area contributed by atoms with Gasteiger partial charge in [-0.15, -0.1) is 0 Å². The van der Waals surface area contributed by atoms with E-state index in [0.29, 0.717) is 35.3 Å². The highest BCUT2D eigenvalue weighted by Gasteiger charge is 2.35. The predicted octanol–water partition coefficient (Wildman–Crippen LogP) is 3.73. The number of amides is 2. The van der Waals surface area contributed by atoms with Gasteiger partial charge in [-0.05, 0) is 31.0 Å². The first-order valence-electron chi connectivity index (χ1n) is 11.0. The molecule has 2 N–H and O–H groups in total. The minimum absolute atomic E-state index is 0.0733. The second kappa shape index (κ2) is 8.16. The van der Waals surface area contributed by atoms with Crippen molar-refractivity contribution in [2.75, 3.05) is 0 Å². The van der Waals surface area contributed by atoms with E-state index in [-0.39, 0.29) is 11.9 Å². The van der Waals surface area contributed by atoms with Gasteiger partial charge in [0.1, 0.15) is 6.04 Å². The lowest BCUT2D eigenvalue weighted by Gasteiger charge is -2.35. The van der Waals surface area contributed by atoms with Crippen molar-refractivity contribution < 1.29 is 9.59 Å². The van der Waals surface area contributed by atoms with Crippen LogP contribution in [0.5, 0.6) is 0 Å². The van der Waals surface area contributed by atoms with E-state index in [0.717, 1.165) is 16.7 Å². The zero-order valence-electron chi connectivity index (χ0n) is 18.6. The molecule has 2 aromatic carbocycles. The van der Waals surface area contributed by atoms with Crippen molar-refractivity contribution in [3.8, 4) is 11.3 Å². The summed E-state index contributed by atoms with van der Waals surface area (Å²) in [4.78, 5) is 32.7. The van der Waals surface area contributed by atoms with E-state index >= 15 is 0 Å². The third-order valence-electron chi connectivity index (χ3n) is 6.19. The molecule has 5 rings (SSSR count).